The summed E-state index contributed by atoms with van der Waals surface area (Å²) in [5.41, 5.74) is 0.655. The molecule has 1 amide bonds. The van der Waals surface area contributed by atoms with Gasteiger partial charge in [-0.1, -0.05) is 57.5 Å². The minimum Gasteiger partial charge on any atom is -0.352 e. The van der Waals surface area contributed by atoms with Gasteiger partial charge in [0.2, 0.25) is 5.91 Å². The third-order valence-electron chi connectivity index (χ3n) is 6.15. The minimum atomic E-state index is -0.0310. The van der Waals surface area contributed by atoms with Gasteiger partial charge in [-0.05, 0) is 44.0 Å². The predicted octanol–water partition coefficient (Wildman–Crippen LogP) is 3.53. The number of para-hydroxylation sites is 1. The molecular weight excluding hydrogens is 396 g/mol. The van der Waals surface area contributed by atoms with Gasteiger partial charge in [0, 0.05) is 19.1 Å². The van der Waals surface area contributed by atoms with Crippen molar-refractivity contribution in [2.75, 3.05) is 25.4 Å². The van der Waals surface area contributed by atoms with E-state index in [1.54, 1.807) is 4.57 Å². The molecule has 0 bridgehead atoms. The molecule has 0 radical (unpaired) electrons. The van der Waals surface area contributed by atoms with Crippen LogP contribution < -0.4 is 10.9 Å². The minimum absolute atomic E-state index is 0.0245. The number of benzene rings is 1. The lowest BCUT2D eigenvalue weighted by Gasteiger charge is -2.29. The Morgan fingerprint density at radius 3 is 2.70 bits per heavy atom. The molecule has 0 spiro atoms. The standard InChI is InChI=1S/C23H34N4O2S/c1-4-26(5-2)14-15-27-22(29)18-11-7-9-13-20(18)25-23(27)30-16-21(28)24-19-12-8-6-10-17(19)3/h7,9,11,13,17,19H,4-6,8,10,12,14-16H2,1-3H3,(H,24,28)/t17-,19-/m0/s1. The Morgan fingerprint density at radius 2 is 1.97 bits per heavy atom. The number of carbonyl (C=O) groups is 1. The lowest BCUT2D eigenvalue weighted by molar-refractivity contribution is -0.119. The van der Waals surface area contributed by atoms with Crippen LogP contribution in [-0.2, 0) is 11.3 Å². The summed E-state index contributed by atoms with van der Waals surface area (Å²) in [4.78, 5) is 32.7. The van der Waals surface area contributed by atoms with E-state index in [0.29, 0.717) is 28.5 Å². The smallest absolute Gasteiger partial charge is 0.262 e. The first kappa shape index (κ1) is 22.8. The fourth-order valence-corrected chi connectivity index (χ4v) is 4.98. The summed E-state index contributed by atoms with van der Waals surface area (Å²) in [5, 5.41) is 4.45. The van der Waals surface area contributed by atoms with E-state index in [2.05, 4.69) is 31.0 Å². The zero-order valence-electron chi connectivity index (χ0n) is 18.4. The Morgan fingerprint density at radius 1 is 1.23 bits per heavy atom. The van der Waals surface area contributed by atoms with Crippen LogP contribution in [0.3, 0.4) is 0 Å². The maximum absolute atomic E-state index is 13.1. The van der Waals surface area contributed by atoms with Crippen LogP contribution in [0.4, 0.5) is 0 Å². The summed E-state index contributed by atoms with van der Waals surface area (Å²) in [5.74, 6) is 0.828. The third kappa shape index (κ3) is 5.64. The molecule has 1 aliphatic rings. The van der Waals surface area contributed by atoms with E-state index in [9.17, 15) is 9.59 Å². The second-order valence-corrected chi connectivity index (χ2v) is 9.06. The van der Waals surface area contributed by atoms with Crippen molar-refractivity contribution in [2.45, 2.75) is 64.2 Å². The van der Waals surface area contributed by atoms with Crippen LogP contribution >= 0.6 is 11.8 Å². The Bertz CT molecular complexity index is 910. The number of nitrogens with zero attached hydrogens (tertiary/aromatic N) is 3. The van der Waals surface area contributed by atoms with Gasteiger partial charge in [0.15, 0.2) is 5.16 Å². The Balaban J connectivity index is 1.76. The number of amides is 1. The van der Waals surface area contributed by atoms with E-state index in [4.69, 9.17) is 4.98 Å². The van der Waals surface area contributed by atoms with Crippen LogP contribution in [0.2, 0.25) is 0 Å². The number of aromatic nitrogens is 2. The van der Waals surface area contributed by atoms with Crippen molar-refractivity contribution < 1.29 is 4.79 Å². The van der Waals surface area contributed by atoms with Gasteiger partial charge < -0.3 is 10.2 Å². The van der Waals surface area contributed by atoms with Crippen LogP contribution in [0.1, 0.15) is 46.5 Å². The van der Waals surface area contributed by atoms with E-state index >= 15 is 0 Å². The van der Waals surface area contributed by atoms with Gasteiger partial charge in [0.1, 0.15) is 0 Å². The molecule has 1 aromatic carbocycles. The molecule has 3 rings (SSSR count). The highest BCUT2D eigenvalue weighted by Crippen LogP contribution is 2.24. The topological polar surface area (TPSA) is 67.2 Å². The molecular formula is C23H34N4O2S. The predicted molar refractivity (Wildman–Crippen MR) is 124 cm³/mol. The van der Waals surface area contributed by atoms with Crippen molar-refractivity contribution in [1.82, 2.24) is 19.8 Å². The molecule has 2 aromatic rings. The number of fused-ring (bicyclic) bond motifs is 1. The molecule has 0 unspecified atom stereocenters. The van der Waals surface area contributed by atoms with Crippen molar-refractivity contribution in [3.05, 3.63) is 34.6 Å². The van der Waals surface area contributed by atoms with Crippen LogP contribution in [0, 0.1) is 5.92 Å². The first-order chi connectivity index (χ1) is 14.5. The first-order valence-corrected chi connectivity index (χ1v) is 12.2. The second-order valence-electron chi connectivity index (χ2n) is 8.12. The van der Waals surface area contributed by atoms with Gasteiger partial charge >= 0.3 is 0 Å². The van der Waals surface area contributed by atoms with Crippen LogP contribution in [0.15, 0.2) is 34.2 Å². The molecule has 30 heavy (non-hydrogen) atoms. The highest BCUT2D eigenvalue weighted by atomic mass is 32.2. The molecule has 1 aromatic heterocycles. The summed E-state index contributed by atoms with van der Waals surface area (Å²) in [7, 11) is 0. The summed E-state index contributed by atoms with van der Waals surface area (Å²) in [6, 6.07) is 7.71. The molecule has 164 valence electrons. The van der Waals surface area contributed by atoms with Crippen molar-refractivity contribution >= 4 is 28.6 Å². The monoisotopic (exact) mass is 430 g/mol. The van der Waals surface area contributed by atoms with Gasteiger partial charge in [-0.2, -0.15) is 0 Å². The van der Waals surface area contributed by atoms with Gasteiger partial charge in [-0.3, -0.25) is 14.2 Å². The highest BCUT2D eigenvalue weighted by Gasteiger charge is 2.23. The molecule has 1 heterocycles. The summed E-state index contributed by atoms with van der Waals surface area (Å²) in [6.45, 7) is 9.70. The lowest BCUT2D eigenvalue weighted by atomic mass is 9.86. The highest BCUT2D eigenvalue weighted by molar-refractivity contribution is 7.99. The number of carbonyl (C=O) groups excluding carboxylic acids is 1. The maximum Gasteiger partial charge on any atom is 0.262 e. The number of thioether (sulfide) groups is 1. The van der Waals surface area contributed by atoms with E-state index in [1.165, 1.54) is 31.0 Å². The second kappa shape index (κ2) is 11.0. The molecule has 0 aliphatic heterocycles. The van der Waals surface area contributed by atoms with Crippen molar-refractivity contribution in [3.8, 4) is 0 Å². The van der Waals surface area contributed by atoms with E-state index in [-0.39, 0.29) is 23.3 Å². The van der Waals surface area contributed by atoms with E-state index in [0.717, 1.165) is 26.1 Å². The van der Waals surface area contributed by atoms with Gasteiger partial charge in [-0.15, -0.1) is 0 Å². The van der Waals surface area contributed by atoms with Crippen LogP contribution in [-0.4, -0.2) is 51.8 Å². The van der Waals surface area contributed by atoms with Crippen LogP contribution in [0.5, 0.6) is 0 Å². The van der Waals surface area contributed by atoms with Gasteiger partial charge in [0.25, 0.3) is 5.56 Å². The summed E-state index contributed by atoms with van der Waals surface area (Å²) < 4.78 is 1.74. The zero-order chi connectivity index (χ0) is 21.5. The SMILES string of the molecule is CCN(CC)CCn1c(SCC(=O)N[C@H]2CCCC[C@@H]2C)nc2ccccc2c1=O. The molecule has 1 aliphatic carbocycles. The fourth-order valence-electron chi connectivity index (χ4n) is 4.15. The van der Waals surface area contributed by atoms with Crippen molar-refractivity contribution in [1.29, 1.82) is 0 Å². The third-order valence-corrected chi connectivity index (χ3v) is 7.13. The summed E-state index contributed by atoms with van der Waals surface area (Å²) >= 11 is 1.36. The lowest BCUT2D eigenvalue weighted by Crippen LogP contribution is -2.42. The quantitative estimate of drug-likeness (QED) is 0.487. The largest absolute Gasteiger partial charge is 0.352 e. The van der Waals surface area contributed by atoms with Gasteiger partial charge in [0.05, 0.1) is 16.7 Å². The maximum atomic E-state index is 13.1. The Hall–Kier alpha value is -1.86. The average Bonchev–Trinajstić information content (AvgIpc) is 2.76. The number of rotatable bonds is 9. The molecule has 0 saturated heterocycles. The molecule has 1 saturated carbocycles. The summed E-state index contributed by atoms with van der Waals surface area (Å²) in [6.07, 6.45) is 4.66. The Labute approximate surface area is 183 Å². The fraction of sp³-hybridized carbons (Fsp3) is 0.609. The molecule has 2 atom stereocenters. The molecule has 1 fully saturated rings. The van der Waals surface area contributed by atoms with Crippen molar-refractivity contribution in [2.24, 2.45) is 5.92 Å². The molecule has 7 heteroatoms. The van der Waals surface area contributed by atoms with Crippen molar-refractivity contribution in [3.63, 3.8) is 0 Å². The van der Waals surface area contributed by atoms with Gasteiger partial charge in [-0.25, -0.2) is 4.98 Å². The number of hydrogen-bond donors (Lipinski definition) is 1. The average molecular weight is 431 g/mol. The van der Waals surface area contributed by atoms with Crippen LogP contribution in [0.25, 0.3) is 10.9 Å². The zero-order valence-corrected chi connectivity index (χ0v) is 19.2. The first-order valence-electron chi connectivity index (χ1n) is 11.2. The molecule has 6 nitrogen and oxygen atoms in total. The molecule has 1 N–H and O–H groups in total. The number of hydrogen-bond acceptors (Lipinski definition) is 5. The Kier molecular flexibility index (Phi) is 8.33. The van der Waals surface area contributed by atoms with E-state index < -0.39 is 0 Å². The van der Waals surface area contributed by atoms with E-state index in [1.807, 2.05) is 24.3 Å². The number of nitrogens with one attached hydrogen (secondary N) is 1. The normalized spacial score (nSPS) is 19.3. The number of likely N-dealkylation sites (N-methyl/N-ethyl adjacent to an activating group) is 1.